The van der Waals surface area contributed by atoms with Gasteiger partial charge in [-0.3, -0.25) is 0 Å². The van der Waals surface area contributed by atoms with Gasteiger partial charge in [0.15, 0.2) is 0 Å². The van der Waals surface area contributed by atoms with E-state index in [9.17, 15) is 4.79 Å². The predicted octanol–water partition coefficient (Wildman–Crippen LogP) is 1.94. The van der Waals surface area contributed by atoms with Gasteiger partial charge in [0, 0.05) is 19.5 Å². The molecule has 1 aliphatic rings. The summed E-state index contributed by atoms with van der Waals surface area (Å²) in [4.78, 5) is 12.6. The topological polar surface area (TPSA) is 20.3 Å². The maximum Gasteiger partial charge on any atom is 0.121 e. The molecule has 1 unspecified atom stereocenters. The molecule has 1 fully saturated rings. The van der Waals surface area contributed by atoms with E-state index in [1.54, 1.807) is 0 Å². The highest BCUT2D eigenvalue weighted by Gasteiger charge is 2.31. The van der Waals surface area contributed by atoms with Crippen LogP contribution in [-0.4, -0.2) is 30.8 Å². The van der Waals surface area contributed by atoms with Crippen LogP contribution >= 0.6 is 0 Å². The summed E-state index contributed by atoms with van der Waals surface area (Å²) in [6, 6.07) is 0. The zero-order chi connectivity index (χ0) is 9.90. The first-order valence-corrected chi connectivity index (χ1v) is 5.20. The lowest BCUT2D eigenvalue weighted by Crippen LogP contribution is -2.26. The first kappa shape index (κ1) is 10.7. The molecule has 13 heavy (non-hydrogen) atoms. The Morgan fingerprint density at radius 3 is 2.62 bits per heavy atom. The standard InChI is InChI=1S/C11H21NO/c1-11(2,3)10-5-7-12(9-10)6-4-8-13/h8,10H,4-7,9H2,1-3H3. The lowest BCUT2D eigenvalue weighted by Gasteiger charge is -2.26. The summed E-state index contributed by atoms with van der Waals surface area (Å²) in [6.45, 7) is 10.2. The second kappa shape index (κ2) is 4.23. The molecule has 1 atom stereocenters. The Kier molecular flexibility index (Phi) is 3.48. The molecule has 1 rings (SSSR count). The van der Waals surface area contributed by atoms with Crippen molar-refractivity contribution in [1.29, 1.82) is 0 Å². The molecule has 2 heteroatoms. The molecule has 76 valence electrons. The van der Waals surface area contributed by atoms with E-state index in [2.05, 4.69) is 25.7 Å². The maximum absolute atomic E-state index is 10.2. The quantitative estimate of drug-likeness (QED) is 0.623. The van der Waals surface area contributed by atoms with Crippen molar-refractivity contribution < 1.29 is 4.79 Å². The third-order valence-electron chi connectivity index (χ3n) is 3.06. The molecule has 0 spiro atoms. The van der Waals surface area contributed by atoms with Crippen molar-refractivity contribution in [3.05, 3.63) is 0 Å². The van der Waals surface area contributed by atoms with Crippen molar-refractivity contribution in [3.63, 3.8) is 0 Å². The van der Waals surface area contributed by atoms with Crippen molar-refractivity contribution in [3.8, 4) is 0 Å². The Morgan fingerprint density at radius 1 is 1.46 bits per heavy atom. The van der Waals surface area contributed by atoms with Crippen LogP contribution in [0.25, 0.3) is 0 Å². The summed E-state index contributed by atoms with van der Waals surface area (Å²) in [6.07, 6.45) is 3.00. The van der Waals surface area contributed by atoms with Crippen molar-refractivity contribution in [1.82, 2.24) is 4.90 Å². The summed E-state index contributed by atoms with van der Waals surface area (Å²) >= 11 is 0. The van der Waals surface area contributed by atoms with Gasteiger partial charge in [0.1, 0.15) is 6.29 Å². The largest absolute Gasteiger partial charge is 0.303 e. The van der Waals surface area contributed by atoms with Crippen LogP contribution in [0.1, 0.15) is 33.6 Å². The zero-order valence-electron chi connectivity index (χ0n) is 9.05. The Labute approximate surface area is 81.3 Å². The minimum absolute atomic E-state index is 0.427. The second-order valence-electron chi connectivity index (χ2n) is 5.11. The lowest BCUT2D eigenvalue weighted by atomic mass is 9.80. The summed E-state index contributed by atoms with van der Waals surface area (Å²) < 4.78 is 0. The SMILES string of the molecule is CC(C)(C)C1CCN(CCC=O)C1. The van der Waals surface area contributed by atoms with E-state index >= 15 is 0 Å². The number of nitrogens with zero attached hydrogens (tertiary/aromatic N) is 1. The van der Waals surface area contributed by atoms with Crippen LogP contribution in [0.4, 0.5) is 0 Å². The third kappa shape index (κ3) is 3.11. The molecule has 2 nitrogen and oxygen atoms in total. The molecule has 0 aliphatic carbocycles. The highest BCUT2D eigenvalue weighted by molar-refractivity contribution is 5.49. The number of hydrogen-bond donors (Lipinski definition) is 0. The van der Waals surface area contributed by atoms with Crippen LogP contribution in [0.15, 0.2) is 0 Å². The van der Waals surface area contributed by atoms with E-state index < -0.39 is 0 Å². The Hall–Kier alpha value is -0.370. The molecule has 0 aromatic rings. The van der Waals surface area contributed by atoms with Crippen LogP contribution in [0.3, 0.4) is 0 Å². The summed E-state index contributed by atoms with van der Waals surface area (Å²) in [5.41, 5.74) is 0.427. The highest BCUT2D eigenvalue weighted by Crippen LogP contribution is 2.33. The molecule has 1 saturated heterocycles. The lowest BCUT2D eigenvalue weighted by molar-refractivity contribution is -0.108. The number of aldehydes is 1. The highest BCUT2D eigenvalue weighted by atomic mass is 16.1. The van der Waals surface area contributed by atoms with Gasteiger partial charge in [-0.25, -0.2) is 0 Å². The van der Waals surface area contributed by atoms with Crippen molar-refractivity contribution >= 4 is 6.29 Å². The fourth-order valence-electron chi connectivity index (χ4n) is 1.98. The third-order valence-corrected chi connectivity index (χ3v) is 3.06. The molecule has 0 saturated carbocycles. The van der Waals surface area contributed by atoms with Crippen LogP contribution in [0, 0.1) is 11.3 Å². The molecule has 0 bridgehead atoms. The van der Waals surface area contributed by atoms with Gasteiger partial charge in [-0.1, -0.05) is 20.8 Å². The van der Waals surface area contributed by atoms with Gasteiger partial charge in [0.25, 0.3) is 0 Å². The smallest absolute Gasteiger partial charge is 0.121 e. The first-order chi connectivity index (χ1) is 6.04. The van der Waals surface area contributed by atoms with Crippen molar-refractivity contribution in [2.24, 2.45) is 11.3 Å². The van der Waals surface area contributed by atoms with Gasteiger partial charge in [-0.2, -0.15) is 0 Å². The van der Waals surface area contributed by atoms with Gasteiger partial charge in [0.2, 0.25) is 0 Å². The number of rotatable bonds is 3. The van der Waals surface area contributed by atoms with E-state index in [1.807, 2.05) is 0 Å². The van der Waals surface area contributed by atoms with E-state index in [0.717, 1.165) is 18.7 Å². The molecule has 0 radical (unpaired) electrons. The van der Waals surface area contributed by atoms with E-state index in [4.69, 9.17) is 0 Å². The van der Waals surface area contributed by atoms with Gasteiger partial charge in [0.05, 0.1) is 0 Å². The Bertz CT molecular complexity index is 171. The first-order valence-electron chi connectivity index (χ1n) is 5.20. The number of hydrogen-bond acceptors (Lipinski definition) is 2. The van der Waals surface area contributed by atoms with Gasteiger partial charge >= 0.3 is 0 Å². The van der Waals surface area contributed by atoms with E-state index in [1.165, 1.54) is 19.5 Å². The zero-order valence-corrected chi connectivity index (χ0v) is 9.05. The fraction of sp³-hybridized carbons (Fsp3) is 0.909. The molecule has 1 heterocycles. The van der Waals surface area contributed by atoms with Gasteiger partial charge in [-0.15, -0.1) is 0 Å². The van der Waals surface area contributed by atoms with Crippen LogP contribution in [0.5, 0.6) is 0 Å². The van der Waals surface area contributed by atoms with Gasteiger partial charge < -0.3 is 9.69 Å². The monoisotopic (exact) mass is 183 g/mol. The predicted molar refractivity (Wildman–Crippen MR) is 54.7 cm³/mol. The molecule has 0 aromatic heterocycles. The average Bonchev–Trinajstić information content (AvgIpc) is 2.47. The molecule has 0 amide bonds. The molecular formula is C11H21NO. The van der Waals surface area contributed by atoms with Crippen LogP contribution in [0.2, 0.25) is 0 Å². The number of likely N-dealkylation sites (tertiary alicyclic amines) is 1. The van der Waals surface area contributed by atoms with Crippen molar-refractivity contribution in [2.75, 3.05) is 19.6 Å². The number of carbonyl (C=O) groups is 1. The minimum atomic E-state index is 0.427. The van der Waals surface area contributed by atoms with Crippen molar-refractivity contribution in [2.45, 2.75) is 33.6 Å². The fourth-order valence-corrected chi connectivity index (χ4v) is 1.98. The van der Waals surface area contributed by atoms with E-state index in [0.29, 0.717) is 11.8 Å². The normalized spacial score (nSPS) is 25.0. The van der Waals surface area contributed by atoms with Crippen LogP contribution < -0.4 is 0 Å². The van der Waals surface area contributed by atoms with E-state index in [-0.39, 0.29) is 0 Å². The maximum atomic E-state index is 10.2. The molecular weight excluding hydrogens is 162 g/mol. The Balaban J connectivity index is 2.32. The second-order valence-corrected chi connectivity index (χ2v) is 5.11. The summed E-state index contributed by atoms with van der Waals surface area (Å²) in [7, 11) is 0. The summed E-state index contributed by atoms with van der Waals surface area (Å²) in [5, 5.41) is 0. The Morgan fingerprint density at radius 2 is 2.15 bits per heavy atom. The summed E-state index contributed by atoms with van der Waals surface area (Å²) in [5.74, 6) is 0.805. The van der Waals surface area contributed by atoms with Gasteiger partial charge in [-0.05, 0) is 24.3 Å². The molecule has 0 N–H and O–H groups in total. The molecule has 1 aliphatic heterocycles. The average molecular weight is 183 g/mol. The van der Waals surface area contributed by atoms with Crippen LogP contribution in [-0.2, 0) is 4.79 Å². The number of carbonyl (C=O) groups excluding carboxylic acids is 1. The molecule has 0 aromatic carbocycles. The minimum Gasteiger partial charge on any atom is -0.303 e.